The first kappa shape index (κ1) is 16.0. The number of hydrogen-bond donors (Lipinski definition) is 1. The van der Waals surface area contributed by atoms with Crippen molar-refractivity contribution in [2.24, 2.45) is 5.92 Å². The smallest absolute Gasteiger partial charge is 0.0806 e. The number of unbranched alkanes of at least 4 members (excludes halogenated alkanes) is 2. The molecule has 0 aromatic carbocycles. The Morgan fingerprint density at radius 3 is 2.39 bits per heavy atom. The van der Waals surface area contributed by atoms with Crippen molar-refractivity contribution in [3.63, 3.8) is 0 Å². The third-order valence-electron chi connectivity index (χ3n) is 4.45. The fourth-order valence-corrected chi connectivity index (χ4v) is 2.98. The van der Waals surface area contributed by atoms with Gasteiger partial charge in [-0.2, -0.15) is 0 Å². The second-order valence-electron chi connectivity index (χ2n) is 5.87. The Kier molecular flexibility index (Phi) is 7.92. The van der Waals surface area contributed by atoms with Crippen molar-refractivity contribution in [3.8, 4) is 0 Å². The summed E-state index contributed by atoms with van der Waals surface area (Å²) in [5.41, 5.74) is 0.148. The molecule has 1 saturated carbocycles. The van der Waals surface area contributed by atoms with Crippen molar-refractivity contribution >= 4 is 0 Å². The van der Waals surface area contributed by atoms with Crippen molar-refractivity contribution in [2.75, 3.05) is 19.7 Å². The van der Waals surface area contributed by atoms with Crippen LogP contribution in [-0.4, -0.2) is 25.3 Å². The van der Waals surface area contributed by atoms with E-state index < -0.39 is 0 Å². The van der Waals surface area contributed by atoms with Crippen LogP contribution in [0.3, 0.4) is 0 Å². The molecule has 2 heteroatoms. The van der Waals surface area contributed by atoms with Crippen molar-refractivity contribution in [2.45, 2.75) is 77.7 Å². The Labute approximate surface area is 114 Å². The quantitative estimate of drug-likeness (QED) is 0.625. The molecule has 1 aliphatic carbocycles. The highest BCUT2D eigenvalue weighted by Gasteiger charge is 2.35. The van der Waals surface area contributed by atoms with Gasteiger partial charge in [-0.05, 0) is 44.6 Å². The van der Waals surface area contributed by atoms with Crippen LogP contribution in [-0.2, 0) is 4.74 Å². The number of ether oxygens (including phenoxy) is 1. The molecule has 0 aromatic heterocycles. The minimum atomic E-state index is 0.148. The number of nitrogens with one attached hydrogen (secondary N) is 1. The van der Waals surface area contributed by atoms with Gasteiger partial charge in [0.1, 0.15) is 0 Å². The molecular formula is C16H33NO. The molecule has 1 aliphatic rings. The molecule has 0 aromatic rings. The van der Waals surface area contributed by atoms with Gasteiger partial charge >= 0.3 is 0 Å². The molecule has 0 unspecified atom stereocenters. The van der Waals surface area contributed by atoms with Gasteiger partial charge in [-0.1, -0.05) is 40.0 Å². The van der Waals surface area contributed by atoms with Crippen LogP contribution < -0.4 is 5.32 Å². The molecule has 2 nitrogen and oxygen atoms in total. The lowest BCUT2D eigenvalue weighted by molar-refractivity contribution is -0.0774. The van der Waals surface area contributed by atoms with Crippen molar-refractivity contribution in [3.05, 3.63) is 0 Å². The lowest BCUT2D eigenvalue weighted by Crippen LogP contribution is -2.46. The molecule has 108 valence electrons. The second kappa shape index (κ2) is 8.92. The normalized spacial score (nSPS) is 28.5. The molecule has 18 heavy (non-hydrogen) atoms. The Morgan fingerprint density at radius 1 is 1.11 bits per heavy atom. The zero-order chi connectivity index (χ0) is 13.3. The Hall–Kier alpha value is -0.0800. The largest absolute Gasteiger partial charge is 0.374 e. The van der Waals surface area contributed by atoms with Gasteiger partial charge < -0.3 is 10.1 Å². The Bertz CT molecular complexity index is 197. The van der Waals surface area contributed by atoms with E-state index in [-0.39, 0.29) is 5.60 Å². The molecule has 1 fully saturated rings. The van der Waals surface area contributed by atoms with Gasteiger partial charge in [0.2, 0.25) is 0 Å². The molecule has 0 amide bonds. The van der Waals surface area contributed by atoms with Crippen LogP contribution >= 0.6 is 0 Å². The summed E-state index contributed by atoms with van der Waals surface area (Å²) in [7, 11) is 0. The summed E-state index contributed by atoms with van der Waals surface area (Å²) in [6, 6.07) is 0. The summed E-state index contributed by atoms with van der Waals surface area (Å²) in [6.07, 6.45) is 10.4. The maximum absolute atomic E-state index is 6.31. The fraction of sp³-hybridized carbons (Fsp3) is 1.00. The average molecular weight is 255 g/mol. The van der Waals surface area contributed by atoms with Crippen LogP contribution in [0.1, 0.15) is 72.1 Å². The molecule has 0 saturated heterocycles. The standard InChI is InChI=1S/C16H33NO/c1-4-7-8-13-18-16(14-17-6-3)11-9-15(5-2)10-12-16/h15,17H,4-14H2,1-3H3. The van der Waals surface area contributed by atoms with E-state index in [2.05, 4.69) is 26.1 Å². The molecular weight excluding hydrogens is 222 g/mol. The maximum atomic E-state index is 6.31. The zero-order valence-corrected chi connectivity index (χ0v) is 12.8. The van der Waals surface area contributed by atoms with Crippen LogP contribution in [0.25, 0.3) is 0 Å². The molecule has 0 bridgehead atoms. The van der Waals surface area contributed by atoms with E-state index in [4.69, 9.17) is 4.74 Å². The minimum absolute atomic E-state index is 0.148. The molecule has 0 spiro atoms. The Morgan fingerprint density at radius 2 is 1.83 bits per heavy atom. The van der Waals surface area contributed by atoms with E-state index in [0.29, 0.717) is 0 Å². The second-order valence-corrected chi connectivity index (χ2v) is 5.87. The predicted octanol–water partition coefficient (Wildman–Crippen LogP) is 4.14. The first-order chi connectivity index (χ1) is 8.76. The number of likely N-dealkylation sites (N-methyl/N-ethyl adjacent to an activating group) is 1. The van der Waals surface area contributed by atoms with Crippen molar-refractivity contribution < 1.29 is 4.74 Å². The molecule has 1 rings (SSSR count). The van der Waals surface area contributed by atoms with E-state index in [0.717, 1.165) is 25.6 Å². The predicted molar refractivity (Wildman–Crippen MR) is 79.0 cm³/mol. The van der Waals surface area contributed by atoms with Gasteiger partial charge in [0.25, 0.3) is 0 Å². The van der Waals surface area contributed by atoms with Crippen LogP contribution in [0.15, 0.2) is 0 Å². The topological polar surface area (TPSA) is 21.3 Å². The third kappa shape index (κ3) is 5.27. The summed E-state index contributed by atoms with van der Waals surface area (Å²) in [5.74, 6) is 0.944. The van der Waals surface area contributed by atoms with Crippen molar-refractivity contribution in [1.82, 2.24) is 5.32 Å². The summed E-state index contributed by atoms with van der Waals surface area (Å²) in [5, 5.41) is 3.51. The highest BCUT2D eigenvalue weighted by Crippen LogP contribution is 2.36. The average Bonchev–Trinajstić information content (AvgIpc) is 2.42. The van der Waals surface area contributed by atoms with Gasteiger partial charge in [-0.25, -0.2) is 0 Å². The van der Waals surface area contributed by atoms with E-state index in [1.807, 2.05) is 0 Å². The first-order valence-electron chi connectivity index (χ1n) is 8.11. The molecule has 0 aliphatic heterocycles. The van der Waals surface area contributed by atoms with Gasteiger partial charge in [-0.3, -0.25) is 0 Å². The Balaban J connectivity index is 2.38. The van der Waals surface area contributed by atoms with Gasteiger partial charge in [-0.15, -0.1) is 0 Å². The summed E-state index contributed by atoms with van der Waals surface area (Å²) >= 11 is 0. The number of hydrogen-bond acceptors (Lipinski definition) is 2. The minimum Gasteiger partial charge on any atom is -0.374 e. The van der Waals surface area contributed by atoms with E-state index in [1.165, 1.54) is 51.4 Å². The first-order valence-corrected chi connectivity index (χ1v) is 8.11. The molecule has 0 heterocycles. The monoisotopic (exact) mass is 255 g/mol. The lowest BCUT2D eigenvalue weighted by atomic mass is 9.77. The van der Waals surface area contributed by atoms with E-state index >= 15 is 0 Å². The van der Waals surface area contributed by atoms with Crippen LogP contribution in [0, 0.1) is 5.92 Å². The SMILES string of the molecule is CCCCCOC1(CNCC)CCC(CC)CC1. The molecule has 1 N–H and O–H groups in total. The summed E-state index contributed by atoms with van der Waals surface area (Å²) < 4.78 is 6.31. The number of rotatable bonds is 9. The molecule has 0 atom stereocenters. The van der Waals surface area contributed by atoms with Crippen LogP contribution in [0.4, 0.5) is 0 Å². The highest BCUT2D eigenvalue weighted by atomic mass is 16.5. The highest BCUT2D eigenvalue weighted by molar-refractivity contribution is 4.89. The fourth-order valence-electron chi connectivity index (χ4n) is 2.98. The summed E-state index contributed by atoms with van der Waals surface area (Å²) in [6.45, 7) is 9.81. The van der Waals surface area contributed by atoms with Gasteiger partial charge in [0, 0.05) is 13.2 Å². The zero-order valence-electron chi connectivity index (χ0n) is 12.8. The van der Waals surface area contributed by atoms with E-state index in [1.54, 1.807) is 0 Å². The summed E-state index contributed by atoms with van der Waals surface area (Å²) in [4.78, 5) is 0. The third-order valence-corrected chi connectivity index (χ3v) is 4.45. The van der Waals surface area contributed by atoms with Gasteiger partial charge in [0.15, 0.2) is 0 Å². The van der Waals surface area contributed by atoms with Gasteiger partial charge in [0.05, 0.1) is 5.60 Å². The molecule has 0 radical (unpaired) electrons. The van der Waals surface area contributed by atoms with Crippen molar-refractivity contribution in [1.29, 1.82) is 0 Å². The maximum Gasteiger partial charge on any atom is 0.0806 e. The lowest BCUT2D eigenvalue weighted by Gasteiger charge is -2.40. The van der Waals surface area contributed by atoms with Crippen LogP contribution in [0.2, 0.25) is 0 Å². The van der Waals surface area contributed by atoms with E-state index in [9.17, 15) is 0 Å². The van der Waals surface area contributed by atoms with Crippen LogP contribution in [0.5, 0.6) is 0 Å².